The smallest absolute Gasteiger partial charge is 0.281 e. The van der Waals surface area contributed by atoms with Crippen molar-refractivity contribution in [2.45, 2.75) is 0 Å². The van der Waals surface area contributed by atoms with Crippen molar-refractivity contribution in [2.24, 2.45) is 0 Å². The van der Waals surface area contributed by atoms with E-state index >= 15 is 0 Å². The number of hydrogen-bond acceptors (Lipinski definition) is 6. The molecular formula is C12H10N6O2. The van der Waals surface area contributed by atoms with Crippen LogP contribution in [0.25, 0.3) is 5.69 Å². The van der Waals surface area contributed by atoms with Crippen molar-refractivity contribution in [1.82, 2.24) is 19.9 Å². The number of imidazole rings is 1. The molecule has 3 N–H and O–H groups in total. The number of carbonyl (C=O) groups excluding carboxylic acids is 1. The molecule has 2 aromatic heterocycles. The van der Waals surface area contributed by atoms with Crippen LogP contribution in [0.1, 0.15) is 10.5 Å². The second kappa shape index (κ2) is 4.84. The van der Waals surface area contributed by atoms with Gasteiger partial charge in [0.2, 0.25) is 11.5 Å². The minimum atomic E-state index is -0.490. The zero-order valence-electron chi connectivity index (χ0n) is 10.2. The van der Waals surface area contributed by atoms with Crippen molar-refractivity contribution in [1.29, 1.82) is 0 Å². The number of nitrogens with zero attached hydrogens (tertiary/aromatic N) is 4. The highest BCUT2D eigenvalue weighted by Crippen LogP contribution is 2.20. The summed E-state index contributed by atoms with van der Waals surface area (Å²) in [6.07, 6.45) is 5.06. The van der Waals surface area contributed by atoms with Crippen molar-refractivity contribution in [2.75, 3.05) is 11.1 Å². The van der Waals surface area contributed by atoms with Crippen molar-refractivity contribution in [3.05, 3.63) is 48.7 Å². The summed E-state index contributed by atoms with van der Waals surface area (Å²) in [5.74, 6) is -0.543. The number of hydrogen-bond donors (Lipinski definition) is 2. The summed E-state index contributed by atoms with van der Waals surface area (Å²) >= 11 is 0. The Kier molecular flexibility index (Phi) is 2.88. The molecule has 0 aliphatic heterocycles. The summed E-state index contributed by atoms with van der Waals surface area (Å²) in [6, 6.07) is 7.27. The standard InChI is InChI=1S/C12H10N6O2/c13-11-10(16-20-17-11)12(19)15-8-3-1-2-4-9(8)18-6-5-14-7-18/h1-7H,(H2,13,17)(H,15,19). The van der Waals surface area contributed by atoms with Gasteiger partial charge in [-0.25, -0.2) is 9.61 Å². The summed E-state index contributed by atoms with van der Waals surface area (Å²) in [7, 11) is 0. The highest BCUT2D eigenvalue weighted by molar-refractivity contribution is 6.06. The lowest BCUT2D eigenvalue weighted by molar-refractivity contribution is 0.101. The second-order valence-electron chi connectivity index (χ2n) is 3.94. The zero-order valence-corrected chi connectivity index (χ0v) is 10.2. The molecule has 0 radical (unpaired) electrons. The van der Waals surface area contributed by atoms with Gasteiger partial charge in [0.25, 0.3) is 5.91 Å². The molecule has 0 saturated heterocycles. The van der Waals surface area contributed by atoms with Crippen LogP contribution in [0.2, 0.25) is 0 Å². The third kappa shape index (κ3) is 2.09. The van der Waals surface area contributed by atoms with E-state index in [1.54, 1.807) is 35.4 Å². The minimum Gasteiger partial charge on any atom is -0.379 e. The fraction of sp³-hybridized carbons (Fsp3) is 0. The van der Waals surface area contributed by atoms with Crippen LogP contribution in [0.5, 0.6) is 0 Å². The monoisotopic (exact) mass is 270 g/mol. The van der Waals surface area contributed by atoms with Gasteiger partial charge in [-0.2, -0.15) is 0 Å². The predicted octanol–water partition coefficient (Wildman–Crippen LogP) is 1.09. The van der Waals surface area contributed by atoms with E-state index < -0.39 is 5.91 Å². The molecule has 2 heterocycles. The van der Waals surface area contributed by atoms with Crippen LogP contribution in [-0.2, 0) is 0 Å². The van der Waals surface area contributed by atoms with Gasteiger partial charge in [0.1, 0.15) is 0 Å². The Hall–Kier alpha value is -3.16. The van der Waals surface area contributed by atoms with Crippen LogP contribution in [0.15, 0.2) is 47.6 Å². The number of para-hydroxylation sites is 2. The molecule has 8 heteroatoms. The molecule has 3 aromatic rings. The van der Waals surface area contributed by atoms with Crippen LogP contribution >= 0.6 is 0 Å². The van der Waals surface area contributed by atoms with Crippen molar-refractivity contribution >= 4 is 17.4 Å². The molecule has 0 aliphatic carbocycles. The van der Waals surface area contributed by atoms with Crippen LogP contribution < -0.4 is 11.1 Å². The Labute approximate surface area is 113 Å². The van der Waals surface area contributed by atoms with E-state index in [0.29, 0.717) is 5.69 Å². The van der Waals surface area contributed by atoms with Crippen LogP contribution in [0.4, 0.5) is 11.5 Å². The van der Waals surface area contributed by atoms with Gasteiger partial charge in [-0.05, 0) is 22.4 Å². The van der Waals surface area contributed by atoms with E-state index in [9.17, 15) is 4.79 Å². The molecule has 1 amide bonds. The SMILES string of the molecule is Nc1nonc1C(=O)Nc1ccccc1-n1ccnc1. The average Bonchev–Trinajstić information content (AvgIpc) is 3.10. The average molecular weight is 270 g/mol. The Morgan fingerprint density at radius 3 is 2.85 bits per heavy atom. The first-order chi connectivity index (χ1) is 9.75. The molecule has 0 bridgehead atoms. The number of aromatic nitrogens is 4. The highest BCUT2D eigenvalue weighted by atomic mass is 16.6. The Bertz CT molecular complexity index is 734. The van der Waals surface area contributed by atoms with E-state index in [2.05, 4.69) is 25.2 Å². The van der Waals surface area contributed by atoms with E-state index in [1.165, 1.54) is 0 Å². The number of benzene rings is 1. The number of anilines is 2. The first-order valence-corrected chi connectivity index (χ1v) is 5.72. The Morgan fingerprint density at radius 2 is 2.15 bits per heavy atom. The lowest BCUT2D eigenvalue weighted by Crippen LogP contribution is -2.15. The van der Waals surface area contributed by atoms with Crippen molar-refractivity contribution in [3.8, 4) is 5.69 Å². The van der Waals surface area contributed by atoms with Crippen LogP contribution in [0, 0.1) is 0 Å². The normalized spacial score (nSPS) is 10.4. The fourth-order valence-electron chi connectivity index (χ4n) is 1.74. The predicted molar refractivity (Wildman–Crippen MR) is 70.2 cm³/mol. The fourth-order valence-corrected chi connectivity index (χ4v) is 1.74. The molecule has 0 aliphatic rings. The molecule has 3 rings (SSSR count). The Morgan fingerprint density at radius 1 is 1.30 bits per heavy atom. The molecule has 20 heavy (non-hydrogen) atoms. The topological polar surface area (TPSA) is 112 Å². The van der Waals surface area contributed by atoms with Crippen molar-refractivity contribution in [3.63, 3.8) is 0 Å². The van der Waals surface area contributed by atoms with Gasteiger partial charge in [-0.1, -0.05) is 12.1 Å². The van der Waals surface area contributed by atoms with Crippen LogP contribution in [-0.4, -0.2) is 25.8 Å². The third-order valence-corrected chi connectivity index (χ3v) is 2.66. The van der Waals surface area contributed by atoms with Gasteiger partial charge in [0, 0.05) is 12.4 Å². The third-order valence-electron chi connectivity index (χ3n) is 2.66. The molecule has 0 saturated carbocycles. The number of amides is 1. The molecule has 0 unspecified atom stereocenters. The maximum Gasteiger partial charge on any atom is 0.281 e. The molecule has 0 fully saturated rings. The van der Waals surface area contributed by atoms with E-state index in [4.69, 9.17) is 5.73 Å². The first kappa shape index (κ1) is 11.9. The van der Waals surface area contributed by atoms with E-state index in [-0.39, 0.29) is 11.5 Å². The zero-order chi connectivity index (χ0) is 13.9. The van der Waals surface area contributed by atoms with Gasteiger partial charge in [-0.15, -0.1) is 0 Å². The van der Waals surface area contributed by atoms with Gasteiger partial charge in [0.15, 0.2) is 0 Å². The first-order valence-electron chi connectivity index (χ1n) is 5.72. The molecule has 0 spiro atoms. The lowest BCUT2D eigenvalue weighted by Gasteiger charge is -2.10. The van der Waals surface area contributed by atoms with Gasteiger partial charge < -0.3 is 15.6 Å². The summed E-state index contributed by atoms with van der Waals surface area (Å²) in [5.41, 5.74) is 6.80. The molecule has 0 atom stereocenters. The van der Waals surface area contributed by atoms with Gasteiger partial charge in [-0.3, -0.25) is 4.79 Å². The summed E-state index contributed by atoms with van der Waals surface area (Å²) in [5, 5.41) is 9.54. The van der Waals surface area contributed by atoms with Crippen LogP contribution in [0.3, 0.4) is 0 Å². The number of nitrogens with two attached hydrogens (primary N) is 1. The summed E-state index contributed by atoms with van der Waals surface area (Å²) < 4.78 is 6.18. The molecule has 8 nitrogen and oxygen atoms in total. The number of nitrogens with one attached hydrogen (secondary N) is 1. The van der Waals surface area contributed by atoms with Crippen molar-refractivity contribution < 1.29 is 9.42 Å². The molecule has 100 valence electrons. The summed E-state index contributed by atoms with van der Waals surface area (Å²) in [6.45, 7) is 0. The highest BCUT2D eigenvalue weighted by Gasteiger charge is 2.17. The largest absolute Gasteiger partial charge is 0.379 e. The van der Waals surface area contributed by atoms with E-state index in [0.717, 1.165) is 5.69 Å². The van der Waals surface area contributed by atoms with Gasteiger partial charge >= 0.3 is 0 Å². The Balaban J connectivity index is 1.92. The van der Waals surface area contributed by atoms with E-state index in [1.807, 2.05) is 12.1 Å². The second-order valence-corrected chi connectivity index (χ2v) is 3.94. The lowest BCUT2D eigenvalue weighted by atomic mass is 10.2. The number of rotatable bonds is 3. The number of carbonyl (C=O) groups is 1. The minimum absolute atomic E-state index is 0.0505. The maximum absolute atomic E-state index is 12.0. The summed E-state index contributed by atoms with van der Waals surface area (Å²) in [4.78, 5) is 16.0. The number of nitrogen functional groups attached to an aromatic ring is 1. The molecule has 1 aromatic carbocycles. The quantitative estimate of drug-likeness (QED) is 0.736. The van der Waals surface area contributed by atoms with Gasteiger partial charge in [0.05, 0.1) is 17.7 Å². The molecular weight excluding hydrogens is 260 g/mol. The maximum atomic E-state index is 12.0.